The minimum Gasteiger partial charge on any atom is -0.292 e. The van der Waals surface area contributed by atoms with Gasteiger partial charge in [-0.15, -0.1) is 0 Å². The van der Waals surface area contributed by atoms with Crippen molar-refractivity contribution in [1.29, 1.82) is 0 Å². The Balaban J connectivity index is 1.70. The third-order valence-corrected chi connectivity index (χ3v) is 4.23. The van der Waals surface area contributed by atoms with Gasteiger partial charge in [-0.25, -0.2) is 0 Å². The van der Waals surface area contributed by atoms with Crippen LogP contribution in [0.1, 0.15) is 17.5 Å². The van der Waals surface area contributed by atoms with Crippen molar-refractivity contribution in [3.05, 3.63) is 88.0 Å². The van der Waals surface area contributed by atoms with Crippen LogP contribution in [-0.2, 0) is 13.0 Å². The second kappa shape index (κ2) is 7.20. The minimum atomic E-state index is -0.355. The van der Waals surface area contributed by atoms with Crippen molar-refractivity contribution in [3.8, 4) is 0 Å². The van der Waals surface area contributed by atoms with Gasteiger partial charge in [0.05, 0.1) is 4.92 Å². The molecule has 2 aromatic rings. The summed E-state index contributed by atoms with van der Waals surface area (Å²) in [6.07, 6.45) is 6.44. The monoisotopic (exact) mass is 308 g/mol. The van der Waals surface area contributed by atoms with Crippen molar-refractivity contribution in [1.82, 2.24) is 4.90 Å². The average Bonchev–Trinajstić information content (AvgIpc) is 2.58. The molecule has 1 unspecified atom stereocenters. The molecule has 1 atom stereocenters. The zero-order chi connectivity index (χ0) is 16.1. The van der Waals surface area contributed by atoms with Crippen LogP contribution in [0.15, 0.2) is 66.7 Å². The SMILES string of the molecule is O=[N+]([O-])c1ccc(CC2C=CCCN2Cc2ccccc2)cc1. The lowest BCUT2D eigenvalue weighted by atomic mass is 10.00. The molecule has 118 valence electrons. The van der Waals surface area contributed by atoms with E-state index in [1.165, 1.54) is 5.56 Å². The number of benzene rings is 2. The Bertz CT molecular complexity index is 680. The standard InChI is InChI=1S/C19H20N2O2/c22-21(23)18-11-9-16(10-12-18)14-19-8-4-5-13-20(19)15-17-6-2-1-3-7-17/h1-4,6-12,19H,5,13-15H2. The van der Waals surface area contributed by atoms with Crippen molar-refractivity contribution < 1.29 is 4.92 Å². The predicted molar refractivity (Wildman–Crippen MR) is 91.2 cm³/mol. The Labute approximate surface area is 136 Å². The van der Waals surface area contributed by atoms with E-state index < -0.39 is 0 Å². The fourth-order valence-corrected chi connectivity index (χ4v) is 2.99. The van der Waals surface area contributed by atoms with Gasteiger partial charge in [-0.1, -0.05) is 54.6 Å². The van der Waals surface area contributed by atoms with Gasteiger partial charge in [0, 0.05) is 31.3 Å². The predicted octanol–water partition coefficient (Wildman–Crippen LogP) is 3.97. The summed E-state index contributed by atoms with van der Waals surface area (Å²) in [4.78, 5) is 12.9. The normalized spacial score (nSPS) is 18.0. The smallest absolute Gasteiger partial charge is 0.269 e. The van der Waals surface area contributed by atoms with Crippen LogP contribution >= 0.6 is 0 Å². The molecule has 0 N–H and O–H groups in total. The van der Waals surface area contributed by atoms with E-state index in [0.29, 0.717) is 6.04 Å². The Morgan fingerprint density at radius 1 is 1.04 bits per heavy atom. The second-order valence-electron chi connectivity index (χ2n) is 5.87. The summed E-state index contributed by atoms with van der Waals surface area (Å²) in [5.41, 5.74) is 2.59. The molecule has 2 aromatic carbocycles. The molecule has 0 radical (unpaired) electrons. The molecule has 0 fully saturated rings. The number of nitro groups is 1. The molecule has 0 saturated heterocycles. The first-order chi connectivity index (χ1) is 11.2. The first-order valence-corrected chi connectivity index (χ1v) is 7.90. The second-order valence-corrected chi connectivity index (χ2v) is 5.87. The zero-order valence-electron chi connectivity index (χ0n) is 13.0. The third kappa shape index (κ3) is 4.05. The van der Waals surface area contributed by atoms with Gasteiger partial charge < -0.3 is 0 Å². The van der Waals surface area contributed by atoms with Crippen molar-refractivity contribution in [2.24, 2.45) is 0 Å². The van der Waals surface area contributed by atoms with Crippen LogP contribution in [0.3, 0.4) is 0 Å². The summed E-state index contributed by atoms with van der Waals surface area (Å²) in [5.74, 6) is 0. The quantitative estimate of drug-likeness (QED) is 0.477. The van der Waals surface area contributed by atoms with Gasteiger partial charge in [0.25, 0.3) is 5.69 Å². The zero-order valence-corrected chi connectivity index (χ0v) is 13.0. The fourth-order valence-electron chi connectivity index (χ4n) is 2.99. The van der Waals surface area contributed by atoms with Crippen LogP contribution in [0.25, 0.3) is 0 Å². The Kier molecular flexibility index (Phi) is 4.83. The molecule has 4 nitrogen and oxygen atoms in total. The molecule has 0 aromatic heterocycles. The summed E-state index contributed by atoms with van der Waals surface area (Å²) in [7, 11) is 0. The van der Waals surface area contributed by atoms with Crippen LogP contribution < -0.4 is 0 Å². The van der Waals surface area contributed by atoms with E-state index in [-0.39, 0.29) is 10.6 Å². The summed E-state index contributed by atoms with van der Waals surface area (Å²) >= 11 is 0. The van der Waals surface area contributed by atoms with Gasteiger partial charge in [-0.05, 0) is 24.0 Å². The molecule has 0 saturated carbocycles. The highest BCUT2D eigenvalue weighted by molar-refractivity contribution is 5.33. The average molecular weight is 308 g/mol. The van der Waals surface area contributed by atoms with Crippen LogP contribution in [0, 0.1) is 10.1 Å². The Morgan fingerprint density at radius 2 is 1.78 bits per heavy atom. The summed E-state index contributed by atoms with van der Waals surface area (Å²) in [5, 5.41) is 10.7. The molecule has 4 heteroatoms. The number of non-ortho nitro benzene ring substituents is 1. The highest BCUT2D eigenvalue weighted by Crippen LogP contribution is 2.20. The first kappa shape index (κ1) is 15.4. The largest absolute Gasteiger partial charge is 0.292 e. The van der Waals surface area contributed by atoms with Gasteiger partial charge in [0.15, 0.2) is 0 Å². The van der Waals surface area contributed by atoms with Gasteiger partial charge in [-0.3, -0.25) is 15.0 Å². The summed E-state index contributed by atoms with van der Waals surface area (Å²) in [6.45, 7) is 1.98. The van der Waals surface area contributed by atoms with Crippen LogP contribution in [0.2, 0.25) is 0 Å². The van der Waals surface area contributed by atoms with E-state index in [1.807, 2.05) is 18.2 Å². The number of rotatable bonds is 5. The van der Waals surface area contributed by atoms with Gasteiger partial charge in [0.2, 0.25) is 0 Å². The maximum absolute atomic E-state index is 10.7. The van der Waals surface area contributed by atoms with E-state index in [2.05, 4.69) is 41.3 Å². The van der Waals surface area contributed by atoms with Crippen molar-refractivity contribution in [3.63, 3.8) is 0 Å². The van der Waals surface area contributed by atoms with E-state index >= 15 is 0 Å². The van der Waals surface area contributed by atoms with Crippen molar-refractivity contribution in [2.75, 3.05) is 6.54 Å². The Hall–Kier alpha value is -2.46. The first-order valence-electron chi connectivity index (χ1n) is 7.90. The number of hydrogen-bond donors (Lipinski definition) is 0. The highest BCUT2D eigenvalue weighted by atomic mass is 16.6. The lowest BCUT2D eigenvalue weighted by Crippen LogP contribution is -2.37. The summed E-state index contributed by atoms with van der Waals surface area (Å²) < 4.78 is 0. The maximum Gasteiger partial charge on any atom is 0.269 e. The highest BCUT2D eigenvalue weighted by Gasteiger charge is 2.19. The van der Waals surface area contributed by atoms with Gasteiger partial charge in [0.1, 0.15) is 0 Å². The van der Waals surface area contributed by atoms with Crippen molar-refractivity contribution >= 4 is 5.69 Å². The molecular weight excluding hydrogens is 288 g/mol. The molecule has 1 aliphatic rings. The van der Waals surface area contributed by atoms with Crippen LogP contribution in [0.5, 0.6) is 0 Å². The van der Waals surface area contributed by atoms with E-state index in [1.54, 1.807) is 12.1 Å². The maximum atomic E-state index is 10.7. The molecule has 1 heterocycles. The van der Waals surface area contributed by atoms with Gasteiger partial charge in [-0.2, -0.15) is 0 Å². The molecule has 23 heavy (non-hydrogen) atoms. The number of hydrogen-bond acceptors (Lipinski definition) is 3. The lowest BCUT2D eigenvalue weighted by molar-refractivity contribution is -0.384. The fraction of sp³-hybridized carbons (Fsp3) is 0.263. The van der Waals surface area contributed by atoms with Crippen LogP contribution in [-0.4, -0.2) is 22.4 Å². The molecule has 0 aliphatic carbocycles. The van der Waals surface area contributed by atoms with E-state index in [9.17, 15) is 10.1 Å². The molecule has 0 spiro atoms. The van der Waals surface area contributed by atoms with Gasteiger partial charge >= 0.3 is 0 Å². The van der Waals surface area contributed by atoms with E-state index in [4.69, 9.17) is 0 Å². The molecule has 1 aliphatic heterocycles. The molecule has 0 bridgehead atoms. The molecule has 3 rings (SSSR count). The third-order valence-electron chi connectivity index (χ3n) is 4.23. The van der Waals surface area contributed by atoms with Crippen LogP contribution in [0.4, 0.5) is 5.69 Å². The number of nitro benzene ring substituents is 1. The van der Waals surface area contributed by atoms with Crippen molar-refractivity contribution in [2.45, 2.75) is 25.4 Å². The topological polar surface area (TPSA) is 46.4 Å². The molecule has 0 amide bonds. The Morgan fingerprint density at radius 3 is 2.48 bits per heavy atom. The molecular formula is C19H20N2O2. The number of nitrogens with zero attached hydrogens (tertiary/aromatic N) is 2. The summed E-state index contributed by atoms with van der Waals surface area (Å²) in [6, 6.07) is 17.7. The lowest BCUT2D eigenvalue weighted by Gasteiger charge is -2.32. The van der Waals surface area contributed by atoms with E-state index in [0.717, 1.165) is 31.5 Å². The minimum absolute atomic E-state index is 0.147.